The summed E-state index contributed by atoms with van der Waals surface area (Å²) in [4.78, 5) is 16.0. The van der Waals surface area contributed by atoms with E-state index in [4.69, 9.17) is 4.42 Å². The van der Waals surface area contributed by atoms with E-state index < -0.39 is 0 Å². The molecule has 0 aliphatic heterocycles. The van der Waals surface area contributed by atoms with Crippen molar-refractivity contribution in [2.45, 2.75) is 85.0 Å². The summed E-state index contributed by atoms with van der Waals surface area (Å²) in [6.07, 6.45) is 11.6. The highest BCUT2D eigenvalue weighted by molar-refractivity contribution is 5.91. The highest BCUT2D eigenvalue weighted by Gasteiger charge is 2.14. The second-order valence-corrected chi connectivity index (χ2v) is 6.26. The number of rotatable bonds is 12. The molecule has 1 aromatic heterocycles. The molecule has 130 valence electrons. The number of carbonyl (C=O) groups is 1. The van der Waals surface area contributed by atoms with Gasteiger partial charge in [0.2, 0.25) is 5.89 Å². The number of oxazole rings is 1. The third kappa shape index (κ3) is 8.00. The van der Waals surface area contributed by atoms with Gasteiger partial charge in [-0.25, -0.2) is 0 Å². The normalized spacial score (nSPS) is 11.9. The molecule has 0 amide bonds. The van der Waals surface area contributed by atoms with Gasteiger partial charge in [0.15, 0.2) is 11.5 Å². The van der Waals surface area contributed by atoms with Crippen LogP contribution >= 0.6 is 0 Å². The van der Waals surface area contributed by atoms with Crippen molar-refractivity contribution in [1.29, 1.82) is 0 Å². The molecule has 0 aromatic carbocycles. The minimum absolute atomic E-state index is 0.0145. The van der Waals surface area contributed by atoms with Crippen LogP contribution in [-0.2, 0) is 17.6 Å². The average molecular weight is 321 g/mol. The quantitative estimate of drug-likeness (QED) is 0.427. The van der Waals surface area contributed by atoms with E-state index in [1.54, 1.807) is 6.08 Å². The summed E-state index contributed by atoms with van der Waals surface area (Å²) in [6, 6.07) is 0. The molecular weight excluding hydrogens is 290 g/mol. The van der Waals surface area contributed by atoms with E-state index in [1.807, 2.05) is 6.92 Å². The molecular formula is C19H31NO3. The second-order valence-electron chi connectivity index (χ2n) is 6.26. The highest BCUT2D eigenvalue weighted by Crippen LogP contribution is 2.20. The number of unbranched alkanes of at least 4 members (excludes halogenated alkanes) is 5. The molecule has 1 aromatic rings. The number of nitrogens with zero attached hydrogens (tertiary/aromatic N) is 1. The van der Waals surface area contributed by atoms with Crippen LogP contribution in [0.25, 0.3) is 0 Å². The first-order chi connectivity index (χ1) is 11.1. The Bertz CT molecular complexity index is 503. The Morgan fingerprint density at radius 1 is 1.13 bits per heavy atom. The number of allylic oxidation sites excluding steroid dienone is 2. The van der Waals surface area contributed by atoms with E-state index in [-0.39, 0.29) is 18.1 Å². The van der Waals surface area contributed by atoms with Gasteiger partial charge in [0.25, 0.3) is 5.88 Å². The molecule has 0 spiro atoms. The number of carbonyl (C=O) groups excluding carboxylic acids is 1. The van der Waals surface area contributed by atoms with Crippen LogP contribution in [0.3, 0.4) is 0 Å². The monoisotopic (exact) mass is 321 g/mol. The summed E-state index contributed by atoms with van der Waals surface area (Å²) in [5.74, 6) is 0.717. The van der Waals surface area contributed by atoms with Crippen molar-refractivity contribution in [3.63, 3.8) is 0 Å². The molecule has 0 atom stereocenters. The summed E-state index contributed by atoms with van der Waals surface area (Å²) < 4.78 is 5.48. The topological polar surface area (TPSA) is 63.3 Å². The molecule has 1 N–H and O–H groups in total. The zero-order valence-corrected chi connectivity index (χ0v) is 14.9. The van der Waals surface area contributed by atoms with E-state index in [2.05, 4.69) is 18.8 Å². The van der Waals surface area contributed by atoms with Gasteiger partial charge in [0.1, 0.15) is 0 Å². The van der Waals surface area contributed by atoms with Gasteiger partial charge in [-0.2, -0.15) is 4.98 Å². The van der Waals surface area contributed by atoms with E-state index in [9.17, 15) is 9.90 Å². The summed E-state index contributed by atoms with van der Waals surface area (Å²) in [6.45, 7) is 6.28. The maximum atomic E-state index is 12.0. The van der Waals surface area contributed by atoms with Crippen LogP contribution in [0.1, 0.15) is 83.8 Å². The fourth-order valence-electron chi connectivity index (χ4n) is 2.52. The molecule has 0 bridgehead atoms. The Labute approximate surface area is 140 Å². The standard InChI is InChI=1S/C19H31NO3/c1-4-6-8-9-10-11-15(3)13-16(21)14-18-20-19(22)17(23-18)12-7-5-2/h13,22H,4-12,14H2,1-3H3. The van der Waals surface area contributed by atoms with Crippen LogP contribution in [0.15, 0.2) is 16.1 Å². The Morgan fingerprint density at radius 3 is 2.52 bits per heavy atom. The molecule has 23 heavy (non-hydrogen) atoms. The smallest absolute Gasteiger partial charge is 0.253 e. The maximum Gasteiger partial charge on any atom is 0.253 e. The molecule has 0 saturated heterocycles. The predicted octanol–water partition coefficient (Wildman–Crippen LogP) is 5.14. The fraction of sp³-hybridized carbons (Fsp3) is 0.684. The summed E-state index contributed by atoms with van der Waals surface area (Å²) >= 11 is 0. The van der Waals surface area contributed by atoms with Crippen LogP contribution in [0.4, 0.5) is 0 Å². The Morgan fingerprint density at radius 2 is 1.83 bits per heavy atom. The van der Waals surface area contributed by atoms with Gasteiger partial charge in [-0.3, -0.25) is 4.79 Å². The van der Waals surface area contributed by atoms with Gasteiger partial charge in [0, 0.05) is 6.42 Å². The van der Waals surface area contributed by atoms with Crippen molar-refractivity contribution < 1.29 is 14.3 Å². The van der Waals surface area contributed by atoms with Crippen molar-refractivity contribution in [3.8, 4) is 5.88 Å². The Kier molecular flexibility index (Phi) is 9.34. The minimum Gasteiger partial charge on any atom is -0.491 e. The zero-order chi connectivity index (χ0) is 17.1. The predicted molar refractivity (Wildman–Crippen MR) is 92.6 cm³/mol. The third-order valence-corrected chi connectivity index (χ3v) is 3.89. The molecule has 0 fully saturated rings. The van der Waals surface area contributed by atoms with Gasteiger partial charge in [-0.15, -0.1) is 0 Å². The Balaban J connectivity index is 2.41. The number of aryl methyl sites for hydroxylation is 1. The zero-order valence-electron chi connectivity index (χ0n) is 14.9. The van der Waals surface area contributed by atoms with Crippen molar-refractivity contribution in [2.24, 2.45) is 0 Å². The molecule has 0 aliphatic rings. The lowest BCUT2D eigenvalue weighted by molar-refractivity contribution is -0.114. The van der Waals surface area contributed by atoms with Gasteiger partial charge in [-0.05, 0) is 32.3 Å². The third-order valence-electron chi connectivity index (χ3n) is 3.89. The van der Waals surface area contributed by atoms with Crippen LogP contribution in [0, 0.1) is 0 Å². The number of aromatic hydroxyl groups is 1. The van der Waals surface area contributed by atoms with Gasteiger partial charge >= 0.3 is 0 Å². The largest absolute Gasteiger partial charge is 0.491 e. The van der Waals surface area contributed by atoms with E-state index in [0.29, 0.717) is 18.1 Å². The van der Waals surface area contributed by atoms with Crippen molar-refractivity contribution >= 4 is 5.78 Å². The van der Waals surface area contributed by atoms with Crippen LogP contribution in [0.2, 0.25) is 0 Å². The molecule has 0 saturated carbocycles. The van der Waals surface area contributed by atoms with Crippen LogP contribution in [0.5, 0.6) is 5.88 Å². The SMILES string of the molecule is CCCCCCCC(C)=CC(=O)Cc1nc(O)c(CCCC)o1. The maximum absolute atomic E-state index is 12.0. The number of aromatic nitrogens is 1. The van der Waals surface area contributed by atoms with Gasteiger partial charge in [0.05, 0.1) is 6.42 Å². The fourth-order valence-corrected chi connectivity index (χ4v) is 2.52. The van der Waals surface area contributed by atoms with Crippen LogP contribution < -0.4 is 0 Å². The average Bonchev–Trinajstić information content (AvgIpc) is 2.84. The lowest BCUT2D eigenvalue weighted by Crippen LogP contribution is -2.00. The first-order valence-corrected chi connectivity index (χ1v) is 8.94. The number of hydrogen-bond acceptors (Lipinski definition) is 4. The van der Waals surface area contributed by atoms with E-state index in [1.165, 1.54) is 25.7 Å². The first kappa shape index (κ1) is 19.5. The molecule has 0 aliphatic carbocycles. The Hall–Kier alpha value is -1.58. The molecule has 1 rings (SSSR count). The summed E-state index contributed by atoms with van der Waals surface area (Å²) in [7, 11) is 0. The van der Waals surface area contributed by atoms with Crippen LogP contribution in [-0.4, -0.2) is 15.9 Å². The number of hydrogen-bond donors (Lipinski definition) is 1. The first-order valence-electron chi connectivity index (χ1n) is 8.94. The van der Waals surface area contributed by atoms with E-state index >= 15 is 0 Å². The van der Waals surface area contributed by atoms with Crippen molar-refractivity contribution in [2.75, 3.05) is 0 Å². The molecule has 0 radical (unpaired) electrons. The molecule has 4 nitrogen and oxygen atoms in total. The van der Waals surface area contributed by atoms with Crippen molar-refractivity contribution in [1.82, 2.24) is 4.98 Å². The minimum atomic E-state index is -0.0714. The second kappa shape index (κ2) is 11.0. The van der Waals surface area contributed by atoms with Gasteiger partial charge < -0.3 is 9.52 Å². The molecule has 4 heteroatoms. The van der Waals surface area contributed by atoms with Gasteiger partial charge in [-0.1, -0.05) is 51.5 Å². The lowest BCUT2D eigenvalue weighted by Gasteiger charge is -2.01. The summed E-state index contributed by atoms with van der Waals surface area (Å²) in [5, 5.41) is 9.71. The van der Waals surface area contributed by atoms with Crippen molar-refractivity contribution in [3.05, 3.63) is 23.3 Å². The van der Waals surface area contributed by atoms with E-state index in [0.717, 1.165) is 31.3 Å². The highest BCUT2D eigenvalue weighted by atomic mass is 16.4. The summed E-state index contributed by atoms with van der Waals surface area (Å²) in [5.41, 5.74) is 1.11. The lowest BCUT2D eigenvalue weighted by atomic mass is 10.1. The molecule has 0 unspecified atom stereocenters. The molecule has 1 heterocycles. The number of ketones is 1.